The van der Waals surface area contributed by atoms with Crippen LogP contribution >= 0.6 is 22.7 Å². The number of ether oxygens (including phenoxy) is 2. The maximum absolute atomic E-state index is 5.81. The Bertz CT molecular complexity index is 1440. The third-order valence-electron chi connectivity index (χ3n) is 6.65. The highest BCUT2D eigenvalue weighted by Gasteiger charge is 2.33. The van der Waals surface area contributed by atoms with Gasteiger partial charge in [0.25, 0.3) is 0 Å². The fourth-order valence-corrected chi connectivity index (χ4v) is 6.49. The monoisotopic (exact) mass is 533 g/mol. The Hall–Kier alpha value is -3.54. The van der Waals surface area contributed by atoms with Crippen molar-refractivity contribution in [3.8, 4) is 11.5 Å². The van der Waals surface area contributed by atoms with Crippen LogP contribution in [0.3, 0.4) is 0 Å². The molecule has 0 spiro atoms. The minimum atomic E-state index is -0.197. The number of piperazine rings is 1. The molecule has 11 heteroatoms. The molecule has 0 unspecified atom stereocenters. The van der Waals surface area contributed by atoms with E-state index < -0.39 is 0 Å². The van der Waals surface area contributed by atoms with Gasteiger partial charge in [0.05, 0.1) is 31.0 Å². The van der Waals surface area contributed by atoms with E-state index in [4.69, 9.17) is 14.5 Å². The number of methoxy groups -OCH3 is 2. The number of tetrazole rings is 1. The minimum absolute atomic E-state index is 0.197. The molecule has 37 heavy (non-hydrogen) atoms. The highest BCUT2D eigenvalue weighted by molar-refractivity contribution is 7.22. The lowest BCUT2D eigenvalue weighted by atomic mass is 10.0. The lowest BCUT2D eigenvalue weighted by Crippen LogP contribution is -2.48. The van der Waals surface area contributed by atoms with Gasteiger partial charge in [-0.3, -0.25) is 4.90 Å². The van der Waals surface area contributed by atoms with Gasteiger partial charge in [-0.2, -0.15) is 0 Å². The van der Waals surface area contributed by atoms with E-state index in [9.17, 15) is 0 Å². The molecule has 3 aromatic heterocycles. The van der Waals surface area contributed by atoms with Gasteiger partial charge < -0.3 is 14.4 Å². The van der Waals surface area contributed by atoms with Gasteiger partial charge in [-0.1, -0.05) is 29.5 Å². The number of fused-ring (bicyclic) bond motifs is 1. The number of rotatable bonds is 8. The molecule has 4 heterocycles. The van der Waals surface area contributed by atoms with Crippen LogP contribution in [0.25, 0.3) is 10.2 Å². The van der Waals surface area contributed by atoms with Crippen molar-refractivity contribution in [3.05, 3.63) is 76.2 Å². The molecule has 6 rings (SSSR count). The number of thiophene rings is 1. The van der Waals surface area contributed by atoms with Gasteiger partial charge in [-0.25, -0.2) is 9.67 Å². The van der Waals surface area contributed by atoms with Crippen LogP contribution in [0, 0.1) is 0 Å². The molecule has 1 saturated heterocycles. The molecule has 1 atom stereocenters. The molecule has 0 saturated carbocycles. The van der Waals surface area contributed by atoms with Crippen LogP contribution in [0.5, 0.6) is 11.5 Å². The van der Waals surface area contributed by atoms with Crippen LogP contribution in [0.2, 0.25) is 0 Å². The molecule has 9 nitrogen and oxygen atoms in total. The average molecular weight is 534 g/mol. The number of nitrogens with zero attached hydrogens (tertiary/aromatic N) is 7. The zero-order chi connectivity index (χ0) is 25.2. The molecule has 0 bridgehead atoms. The van der Waals surface area contributed by atoms with Crippen molar-refractivity contribution in [2.45, 2.75) is 12.6 Å². The number of hydrogen-bond donors (Lipinski definition) is 0. The number of para-hydroxylation sites is 1. The number of benzene rings is 2. The minimum Gasteiger partial charge on any atom is -0.497 e. The first kappa shape index (κ1) is 23.8. The maximum atomic E-state index is 5.81. The second-order valence-corrected chi connectivity index (χ2v) is 10.8. The van der Waals surface area contributed by atoms with E-state index in [0.29, 0.717) is 6.54 Å². The summed E-state index contributed by atoms with van der Waals surface area (Å²) in [5.41, 5.74) is 2.04. The number of anilines is 1. The molecule has 190 valence electrons. The van der Waals surface area contributed by atoms with Gasteiger partial charge in [0.2, 0.25) is 0 Å². The van der Waals surface area contributed by atoms with Crippen LogP contribution in [0.15, 0.2) is 60.0 Å². The van der Waals surface area contributed by atoms with E-state index in [1.54, 1.807) is 36.9 Å². The van der Waals surface area contributed by atoms with E-state index in [1.165, 1.54) is 9.58 Å². The SMILES string of the molecule is COc1ccc(OC)c([C@@H](c2nnnn2Cc2cccs2)N2CCN(c3nc4ccccc4s3)CC2)c1. The topological polar surface area (TPSA) is 81.4 Å². The Kier molecular flexibility index (Phi) is 6.73. The van der Waals surface area contributed by atoms with Crippen LogP contribution in [-0.4, -0.2) is 70.5 Å². The summed E-state index contributed by atoms with van der Waals surface area (Å²) in [6.45, 7) is 3.98. The van der Waals surface area contributed by atoms with Gasteiger partial charge in [-0.05, 0) is 52.2 Å². The van der Waals surface area contributed by atoms with Crippen LogP contribution in [0.1, 0.15) is 22.3 Å². The van der Waals surface area contributed by atoms with Crippen molar-refractivity contribution in [3.63, 3.8) is 0 Å². The summed E-state index contributed by atoms with van der Waals surface area (Å²) >= 11 is 3.45. The zero-order valence-electron chi connectivity index (χ0n) is 20.6. The van der Waals surface area contributed by atoms with Crippen molar-refractivity contribution in [1.29, 1.82) is 0 Å². The maximum Gasteiger partial charge on any atom is 0.186 e. The molecule has 0 aliphatic carbocycles. The summed E-state index contributed by atoms with van der Waals surface area (Å²) in [5, 5.41) is 16.1. The Morgan fingerprint density at radius 3 is 2.59 bits per heavy atom. The van der Waals surface area contributed by atoms with E-state index in [-0.39, 0.29) is 6.04 Å². The van der Waals surface area contributed by atoms with E-state index in [0.717, 1.165) is 59.7 Å². The second kappa shape index (κ2) is 10.4. The van der Waals surface area contributed by atoms with E-state index in [2.05, 4.69) is 55.0 Å². The molecular formula is C26H27N7O2S2. The van der Waals surface area contributed by atoms with E-state index >= 15 is 0 Å². The first-order valence-corrected chi connectivity index (χ1v) is 13.8. The lowest BCUT2D eigenvalue weighted by Gasteiger charge is -2.39. The van der Waals surface area contributed by atoms with Crippen LogP contribution in [-0.2, 0) is 6.54 Å². The molecule has 0 N–H and O–H groups in total. The third-order valence-corrected chi connectivity index (χ3v) is 8.61. The number of hydrogen-bond acceptors (Lipinski definition) is 10. The highest BCUT2D eigenvalue weighted by Crippen LogP contribution is 2.38. The van der Waals surface area contributed by atoms with Gasteiger partial charge in [0.15, 0.2) is 11.0 Å². The Morgan fingerprint density at radius 1 is 0.973 bits per heavy atom. The molecule has 1 fully saturated rings. The fourth-order valence-electron chi connectivity index (χ4n) is 4.79. The molecule has 2 aromatic carbocycles. The van der Waals surface area contributed by atoms with E-state index in [1.807, 2.05) is 35.0 Å². The van der Waals surface area contributed by atoms with Crippen molar-refractivity contribution in [2.24, 2.45) is 0 Å². The fraction of sp³-hybridized carbons (Fsp3) is 0.308. The first-order valence-electron chi connectivity index (χ1n) is 12.1. The molecular weight excluding hydrogens is 506 g/mol. The number of aromatic nitrogens is 5. The van der Waals surface area contributed by atoms with Gasteiger partial charge in [-0.15, -0.1) is 16.4 Å². The first-order chi connectivity index (χ1) is 18.2. The molecule has 5 aromatic rings. The zero-order valence-corrected chi connectivity index (χ0v) is 22.3. The van der Waals surface area contributed by atoms with Crippen molar-refractivity contribution >= 4 is 38.0 Å². The van der Waals surface area contributed by atoms with Crippen LogP contribution < -0.4 is 14.4 Å². The molecule has 0 amide bonds. The number of thiazole rings is 1. The van der Waals surface area contributed by atoms with Gasteiger partial charge >= 0.3 is 0 Å². The third kappa shape index (κ3) is 4.77. The summed E-state index contributed by atoms with van der Waals surface area (Å²) in [6.07, 6.45) is 0. The predicted octanol–water partition coefficient (Wildman–Crippen LogP) is 4.32. The van der Waals surface area contributed by atoms with Crippen molar-refractivity contribution in [2.75, 3.05) is 45.3 Å². The Balaban J connectivity index is 1.33. The smallest absolute Gasteiger partial charge is 0.186 e. The highest BCUT2D eigenvalue weighted by atomic mass is 32.1. The Morgan fingerprint density at radius 2 is 1.84 bits per heavy atom. The average Bonchev–Trinajstić information content (AvgIpc) is 3.71. The van der Waals surface area contributed by atoms with Gasteiger partial charge in [0.1, 0.15) is 17.5 Å². The summed E-state index contributed by atoms with van der Waals surface area (Å²) < 4.78 is 14.5. The summed E-state index contributed by atoms with van der Waals surface area (Å²) in [7, 11) is 3.38. The Labute approximate surface area is 222 Å². The summed E-state index contributed by atoms with van der Waals surface area (Å²) in [6, 6.07) is 18.2. The van der Waals surface area contributed by atoms with Crippen molar-refractivity contribution in [1.82, 2.24) is 30.1 Å². The second-order valence-electron chi connectivity index (χ2n) is 8.77. The molecule has 0 radical (unpaired) electrons. The van der Waals surface area contributed by atoms with Crippen molar-refractivity contribution < 1.29 is 9.47 Å². The quantitative estimate of drug-likeness (QED) is 0.292. The summed E-state index contributed by atoms with van der Waals surface area (Å²) in [4.78, 5) is 10.9. The normalized spacial score (nSPS) is 15.2. The molecule has 1 aliphatic heterocycles. The lowest BCUT2D eigenvalue weighted by molar-refractivity contribution is 0.197. The standard InChI is InChI=1S/C26H27N7O2S2/c1-34-18-9-10-22(35-2)20(16-18)24(25-28-29-30-33(25)17-19-6-5-15-36-19)31-11-13-32(14-12-31)26-27-21-7-3-4-8-23(21)37-26/h3-10,15-16,24H,11-14,17H2,1-2H3/t24-/m0/s1. The van der Waals surface area contributed by atoms with Crippen LogP contribution in [0.4, 0.5) is 5.13 Å². The summed E-state index contributed by atoms with van der Waals surface area (Å²) in [5.74, 6) is 2.34. The van der Waals surface area contributed by atoms with Gasteiger partial charge in [0, 0.05) is 36.6 Å². The largest absolute Gasteiger partial charge is 0.497 e. The molecule has 1 aliphatic rings. The predicted molar refractivity (Wildman–Crippen MR) is 146 cm³/mol.